The van der Waals surface area contributed by atoms with Crippen LogP contribution in [0.5, 0.6) is 0 Å². The van der Waals surface area contributed by atoms with E-state index < -0.39 is 0 Å². The number of nitrogens with zero attached hydrogens (tertiary/aromatic N) is 1. The molecule has 13 heavy (non-hydrogen) atoms. The highest BCUT2D eigenvalue weighted by Gasteiger charge is 2.40. The van der Waals surface area contributed by atoms with Crippen LogP contribution in [0.4, 0.5) is 0 Å². The lowest BCUT2D eigenvalue weighted by atomic mass is 9.77. The molecule has 2 aliphatic heterocycles. The average molecular weight is 185 g/mol. The fourth-order valence-electron chi connectivity index (χ4n) is 2.22. The summed E-state index contributed by atoms with van der Waals surface area (Å²) >= 11 is 0. The van der Waals surface area contributed by atoms with E-state index in [1.165, 1.54) is 25.9 Å². The minimum atomic E-state index is 0.324. The van der Waals surface area contributed by atoms with E-state index in [0.717, 1.165) is 26.2 Å². The Morgan fingerprint density at radius 3 is 2.38 bits per heavy atom. The summed E-state index contributed by atoms with van der Waals surface area (Å²) in [5.41, 5.74) is 0.551. The normalized spacial score (nSPS) is 27.5. The summed E-state index contributed by atoms with van der Waals surface area (Å²) in [7, 11) is 0. The maximum atomic E-state index is 8.71. The van der Waals surface area contributed by atoms with Gasteiger partial charge in [-0.05, 0) is 32.4 Å². The van der Waals surface area contributed by atoms with Crippen LogP contribution in [0.15, 0.2) is 0 Å². The van der Waals surface area contributed by atoms with Crippen molar-refractivity contribution in [3.05, 3.63) is 0 Å². The third kappa shape index (κ3) is 2.03. The van der Waals surface area contributed by atoms with Crippen molar-refractivity contribution in [3.8, 4) is 0 Å². The monoisotopic (exact) mass is 185 g/mol. The lowest BCUT2D eigenvalue weighted by molar-refractivity contribution is -0.139. The van der Waals surface area contributed by atoms with E-state index in [0.29, 0.717) is 12.0 Å². The van der Waals surface area contributed by atoms with Crippen LogP contribution in [0, 0.1) is 5.41 Å². The molecule has 0 unspecified atom stereocenters. The summed E-state index contributed by atoms with van der Waals surface area (Å²) in [4.78, 5) is 2.46. The van der Waals surface area contributed by atoms with Crippen LogP contribution in [0.3, 0.4) is 0 Å². The van der Waals surface area contributed by atoms with Crippen molar-refractivity contribution in [2.75, 3.05) is 39.5 Å². The van der Waals surface area contributed by atoms with Gasteiger partial charge < -0.3 is 14.7 Å². The van der Waals surface area contributed by atoms with Gasteiger partial charge in [-0.25, -0.2) is 0 Å². The molecular weight excluding hydrogens is 166 g/mol. The molecule has 0 amide bonds. The highest BCUT2D eigenvalue weighted by atomic mass is 16.5. The number of hydrogen-bond donors (Lipinski definition) is 1. The zero-order chi connectivity index (χ0) is 9.15. The smallest absolute Gasteiger partial charge is 0.0545 e. The first-order valence-electron chi connectivity index (χ1n) is 5.26. The number of likely N-dealkylation sites (tertiary alicyclic amines) is 1. The molecule has 76 valence electrons. The van der Waals surface area contributed by atoms with Crippen LogP contribution < -0.4 is 0 Å². The Hall–Kier alpha value is -0.120. The molecule has 3 heteroatoms. The van der Waals surface area contributed by atoms with Gasteiger partial charge in [-0.3, -0.25) is 0 Å². The molecule has 2 fully saturated rings. The largest absolute Gasteiger partial charge is 0.396 e. The van der Waals surface area contributed by atoms with E-state index in [2.05, 4.69) is 4.90 Å². The Bertz CT molecular complexity index is 158. The first kappa shape index (κ1) is 9.44. The number of hydrogen-bond acceptors (Lipinski definition) is 3. The maximum absolute atomic E-state index is 8.71. The molecule has 0 aromatic carbocycles. The van der Waals surface area contributed by atoms with Crippen LogP contribution >= 0.6 is 0 Å². The van der Waals surface area contributed by atoms with Gasteiger partial charge >= 0.3 is 0 Å². The summed E-state index contributed by atoms with van der Waals surface area (Å²) in [6, 6.07) is 0. The number of aliphatic hydroxyl groups excluding tert-OH is 1. The SMILES string of the molecule is OCCCN1CCC2(CC1)COC2. The molecule has 0 saturated carbocycles. The van der Waals surface area contributed by atoms with Crippen molar-refractivity contribution in [1.82, 2.24) is 4.90 Å². The number of piperidine rings is 1. The molecule has 0 aromatic rings. The lowest BCUT2D eigenvalue weighted by Crippen LogP contribution is -2.50. The highest BCUT2D eigenvalue weighted by Crippen LogP contribution is 2.38. The van der Waals surface area contributed by atoms with E-state index in [9.17, 15) is 0 Å². The van der Waals surface area contributed by atoms with Crippen LogP contribution in [0.25, 0.3) is 0 Å². The molecule has 0 aliphatic carbocycles. The molecule has 0 bridgehead atoms. The van der Waals surface area contributed by atoms with Crippen molar-refractivity contribution in [2.24, 2.45) is 5.41 Å². The Labute approximate surface area is 79.7 Å². The standard InChI is InChI=1S/C10H19NO2/c12-7-1-4-11-5-2-10(3-6-11)8-13-9-10/h12H,1-9H2. The molecule has 0 atom stereocenters. The van der Waals surface area contributed by atoms with E-state index in [1.54, 1.807) is 0 Å². The Balaban J connectivity index is 1.70. The zero-order valence-corrected chi connectivity index (χ0v) is 8.17. The van der Waals surface area contributed by atoms with Crippen molar-refractivity contribution in [3.63, 3.8) is 0 Å². The average Bonchev–Trinajstić information content (AvgIpc) is 2.13. The second kappa shape index (κ2) is 3.95. The fourth-order valence-corrected chi connectivity index (χ4v) is 2.22. The second-order valence-electron chi connectivity index (χ2n) is 4.41. The van der Waals surface area contributed by atoms with Gasteiger partial charge in [0.1, 0.15) is 0 Å². The van der Waals surface area contributed by atoms with Crippen LogP contribution in [0.1, 0.15) is 19.3 Å². The van der Waals surface area contributed by atoms with E-state index in [-0.39, 0.29) is 0 Å². The van der Waals surface area contributed by atoms with E-state index in [1.807, 2.05) is 0 Å². The minimum absolute atomic E-state index is 0.324. The predicted octanol–water partition coefficient (Wildman–Crippen LogP) is 0.481. The first-order chi connectivity index (χ1) is 6.35. The second-order valence-corrected chi connectivity index (χ2v) is 4.41. The van der Waals surface area contributed by atoms with E-state index in [4.69, 9.17) is 9.84 Å². The van der Waals surface area contributed by atoms with Gasteiger partial charge in [-0.1, -0.05) is 0 Å². The summed E-state index contributed by atoms with van der Waals surface area (Å²) in [5, 5.41) is 8.71. The quantitative estimate of drug-likeness (QED) is 0.694. The Morgan fingerprint density at radius 1 is 1.23 bits per heavy atom. The topological polar surface area (TPSA) is 32.7 Å². The van der Waals surface area contributed by atoms with Crippen molar-refractivity contribution < 1.29 is 9.84 Å². The molecule has 2 rings (SSSR count). The van der Waals surface area contributed by atoms with Gasteiger partial charge in [0.2, 0.25) is 0 Å². The third-order valence-corrected chi connectivity index (χ3v) is 3.37. The lowest BCUT2D eigenvalue weighted by Gasteiger charge is -2.47. The van der Waals surface area contributed by atoms with Crippen molar-refractivity contribution >= 4 is 0 Å². The van der Waals surface area contributed by atoms with Crippen molar-refractivity contribution in [1.29, 1.82) is 0 Å². The zero-order valence-electron chi connectivity index (χ0n) is 8.17. The number of rotatable bonds is 3. The molecule has 0 aromatic heterocycles. The van der Waals surface area contributed by atoms with Gasteiger partial charge in [0, 0.05) is 18.6 Å². The summed E-state index contributed by atoms with van der Waals surface area (Å²) in [6.07, 6.45) is 3.50. The molecule has 2 heterocycles. The summed E-state index contributed by atoms with van der Waals surface area (Å²) < 4.78 is 5.27. The summed E-state index contributed by atoms with van der Waals surface area (Å²) in [5.74, 6) is 0. The predicted molar refractivity (Wildman–Crippen MR) is 50.6 cm³/mol. The summed E-state index contributed by atoms with van der Waals surface area (Å²) in [6.45, 7) is 5.76. The van der Waals surface area contributed by atoms with Gasteiger partial charge in [0.05, 0.1) is 13.2 Å². The van der Waals surface area contributed by atoms with Gasteiger partial charge in [-0.2, -0.15) is 0 Å². The van der Waals surface area contributed by atoms with Gasteiger partial charge in [0.25, 0.3) is 0 Å². The van der Waals surface area contributed by atoms with E-state index >= 15 is 0 Å². The van der Waals surface area contributed by atoms with Crippen LogP contribution in [-0.4, -0.2) is 49.5 Å². The van der Waals surface area contributed by atoms with Gasteiger partial charge in [0.15, 0.2) is 0 Å². The van der Waals surface area contributed by atoms with Gasteiger partial charge in [-0.15, -0.1) is 0 Å². The van der Waals surface area contributed by atoms with Crippen LogP contribution in [-0.2, 0) is 4.74 Å². The van der Waals surface area contributed by atoms with Crippen molar-refractivity contribution in [2.45, 2.75) is 19.3 Å². The Kier molecular flexibility index (Phi) is 2.86. The first-order valence-corrected chi connectivity index (χ1v) is 5.26. The number of ether oxygens (including phenoxy) is 1. The molecule has 1 N–H and O–H groups in total. The Morgan fingerprint density at radius 2 is 1.92 bits per heavy atom. The molecule has 3 nitrogen and oxygen atoms in total. The number of aliphatic hydroxyl groups is 1. The minimum Gasteiger partial charge on any atom is -0.396 e. The highest BCUT2D eigenvalue weighted by molar-refractivity contribution is 4.90. The molecule has 2 saturated heterocycles. The maximum Gasteiger partial charge on any atom is 0.0545 e. The molecule has 2 aliphatic rings. The van der Waals surface area contributed by atoms with Crippen LogP contribution in [0.2, 0.25) is 0 Å². The third-order valence-electron chi connectivity index (χ3n) is 3.37. The fraction of sp³-hybridized carbons (Fsp3) is 1.00. The molecule has 0 radical (unpaired) electrons. The molecule has 1 spiro atoms. The molecular formula is C10H19NO2.